The third kappa shape index (κ3) is 3.85. The molecule has 6 nitrogen and oxygen atoms in total. The summed E-state index contributed by atoms with van der Waals surface area (Å²) in [6, 6.07) is 8.75. The molecule has 3 N–H and O–H groups in total. The number of nitrogens with one attached hydrogen (secondary N) is 3. The van der Waals surface area contributed by atoms with Gasteiger partial charge in [0.25, 0.3) is 0 Å². The van der Waals surface area contributed by atoms with Crippen LogP contribution in [0.25, 0.3) is 10.9 Å². The van der Waals surface area contributed by atoms with Crippen LogP contribution in [-0.2, 0) is 16.0 Å². The van der Waals surface area contributed by atoms with E-state index in [1.807, 2.05) is 6.07 Å². The third-order valence-corrected chi connectivity index (χ3v) is 7.12. The number of nitrogens with zero attached hydrogens (tertiary/aromatic N) is 1. The summed E-state index contributed by atoms with van der Waals surface area (Å²) in [5.41, 5.74) is 2.02. The monoisotopic (exact) mass is 408 g/mol. The number of para-hydroxylation sites is 1. The van der Waals surface area contributed by atoms with E-state index in [0.29, 0.717) is 12.5 Å². The number of rotatable bonds is 7. The van der Waals surface area contributed by atoms with E-state index in [1.165, 1.54) is 10.9 Å². The molecular formula is C24H32N4O2. The molecule has 30 heavy (non-hydrogen) atoms. The number of carbonyl (C=O) groups excluding carboxylic acids is 2. The van der Waals surface area contributed by atoms with Gasteiger partial charge >= 0.3 is 0 Å². The third-order valence-electron chi connectivity index (χ3n) is 7.12. The molecule has 2 amide bonds. The normalized spacial score (nSPS) is 26.5. The molecular weight excluding hydrogens is 376 g/mol. The van der Waals surface area contributed by atoms with Crippen molar-refractivity contribution >= 4 is 22.7 Å². The van der Waals surface area contributed by atoms with Gasteiger partial charge in [-0.3, -0.25) is 14.5 Å². The Morgan fingerprint density at radius 1 is 1.13 bits per heavy atom. The van der Waals surface area contributed by atoms with Crippen LogP contribution in [0.4, 0.5) is 0 Å². The number of hydrogen-bond donors (Lipinski definition) is 3. The van der Waals surface area contributed by atoms with Crippen molar-refractivity contribution in [3.05, 3.63) is 36.0 Å². The van der Waals surface area contributed by atoms with Crippen LogP contribution in [0.1, 0.15) is 56.9 Å². The minimum absolute atomic E-state index is 0.0774. The fourth-order valence-corrected chi connectivity index (χ4v) is 5.40. The maximum absolute atomic E-state index is 13.0. The summed E-state index contributed by atoms with van der Waals surface area (Å²) >= 11 is 0. The van der Waals surface area contributed by atoms with Crippen molar-refractivity contribution in [3.63, 3.8) is 0 Å². The van der Waals surface area contributed by atoms with Crippen LogP contribution in [0.5, 0.6) is 0 Å². The lowest BCUT2D eigenvalue weighted by Gasteiger charge is -2.40. The first-order chi connectivity index (χ1) is 14.6. The van der Waals surface area contributed by atoms with E-state index < -0.39 is 5.54 Å². The van der Waals surface area contributed by atoms with Crippen molar-refractivity contribution in [1.29, 1.82) is 0 Å². The van der Waals surface area contributed by atoms with E-state index in [2.05, 4.69) is 44.9 Å². The second-order valence-corrected chi connectivity index (χ2v) is 9.36. The van der Waals surface area contributed by atoms with Crippen molar-refractivity contribution in [1.82, 2.24) is 20.5 Å². The van der Waals surface area contributed by atoms with Gasteiger partial charge in [-0.25, -0.2) is 0 Å². The second-order valence-electron chi connectivity index (χ2n) is 9.36. The Labute approximate surface area is 177 Å². The van der Waals surface area contributed by atoms with E-state index in [0.717, 1.165) is 70.0 Å². The summed E-state index contributed by atoms with van der Waals surface area (Å²) in [7, 11) is 0. The Balaban J connectivity index is 1.15. The van der Waals surface area contributed by atoms with Crippen LogP contribution in [0.3, 0.4) is 0 Å². The first-order valence-corrected chi connectivity index (χ1v) is 11.5. The van der Waals surface area contributed by atoms with Crippen LogP contribution in [0.15, 0.2) is 30.5 Å². The number of piperidine rings is 1. The van der Waals surface area contributed by atoms with E-state index in [-0.39, 0.29) is 17.9 Å². The Morgan fingerprint density at radius 3 is 2.87 bits per heavy atom. The molecule has 1 aromatic heterocycles. The zero-order valence-electron chi connectivity index (χ0n) is 17.6. The molecule has 0 radical (unpaired) electrons. The van der Waals surface area contributed by atoms with E-state index in [1.54, 1.807) is 0 Å². The summed E-state index contributed by atoms with van der Waals surface area (Å²) in [4.78, 5) is 31.3. The zero-order chi connectivity index (χ0) is 20.6. The smallest absolute Gasteiger partial charge is 0.240 e. The van der Waals surface area contributed by atoms with Gasteiger partial charge in [0.2, 0.25) is 11.8 Å². The molecule has 0 spiro atoms. The first kappa shape index (κ1) is 19.6. The van der Waals surface area contributed by atoms with Crippen molar-refractivity contribution in [3.8, 4) is 0 Å². The van der Waals surface area contributed by atoms with Gasteiger partial charge in [0.05, 0.1) is 0 Å². The van der Waals surface area contributed by atoms with Gasteiger partial charge in [-0.1, -0.05) is 18.2 Å². The van der Waals surface area contributed by atoms with Gasteiger partial charge in [-0.05, 0) is 69.5 Å². The highest BCUT2D eigenvalue weighted by Crippen LogP contribution is 2.39. The van der Waals surface area contributed by atoms with Gasteiger partial charge < -0.3 is 15.6 Å². The minimum Gasteiger partial charge on any atom is -0.361 e. The van der Waals surface area contributed by atoms with Gasteiger partial charge in [0, 0.05) is 42.1 Å². The van der Waals surface area contributed by atoms with Crippen molar-refractivity contribution < 1.29 is 9.59 Å². The van der Waals surface area contributed by atoms with Crippen molar-refractivity contribution in [2.45, 2.75) is 75.4 Å². The zero-order valence-corrected chi connectivity index (χ0v) is 17.6. The molecule has 2 aliphatic heterocycles. The average molecular weight is 409 g/mol. The number of H-pyrrole nitrogens is 1. The quantitative estimate of drug-likeness (QED) is 0.659. The Bertz CT molecular complexity index is 934. The number of aryl methyl sites for hydroxylation is 1. The first-order valence-electron chi connectivity index (χ1n) is 11.5. The van der Waals surface area contributed by atoms with Gasteiger partial charge in [0.1, 0.15) is 5.54 Å². The fourth-order valence-electron chi connectivity index (χ4n) is 5.40. The van der Waals surface area contributed by atoms with Crippen LogP contribution >= 0.6 is 0 Å². The molecule has 1 aliphatic carbocycles. The maximum Gasteiger partial charge on any atom is 0.240 e. The SMILES string of the molecule is O=C(CCCc1c[nH]c2ccccc12)N[C@@H]1CN2CCCC[C@@]2(C(=O)NC2CC2)C1. The van der Waals surface area contributed by atoms with Gasteiger partial charge in [-0.15, -0.1) is 0 Å². The summed E-state index contributed by atoms with van der Waals surface area (Å²) in [6.07, 6.45) is 10.4. The molecule has 2 atom stereocenters. The van der Waals surface area contributed by atoms with Crippen molar-refractivity contribution in [2.24, 2.45) is 0 Å². The fraction of sp³-hybridized carbons (Fsp3) is 0.583. The predicted molar refractivity (Wildman–Crippen MR) is 117 cm³/mol. The summed E-state index contributed by atoms with van der Waals surface area (Å²) in [6.45, 7) is 1.76. The van der Waals surface area contributed by atoms with E-state index in [4.69, 9.17) is 0 Å². The number of amides is 2. The molecule has 1 aromatic carbocycles. The van der Waals surface area contributed by atoms with Crippen molar-refractivity contribution in [2.75, 3.05) is 13.1 Å². The molecule has 0 bridgehead atoms. The number of hydrogen-bond acceptors (Lipinski definition) is 3. The molecule has 5 rings (SSSR count). The minimum atomic E-state index is -0.400. The number of benzene rings is 1. The number of aromatic amines is 1. The second kappa shape index (κ2) is 8.06. The van der Waals surface area contributed by atoms with Crippen LogP contribution in [-0.4, -0.2) is 52.4 Å². The Kier molecular flexibility index (Phi) is 5.27. The highest BCUT2D eigenvalue weighted by molar-refractivity contribution is 5.88. The molecule has 3 heterocycles. The number of carbonyl (C=O) groups is 2. The van der Waals surface area contributed by atoms with E-state index in [9.17, 15) is 9.59 Å². The van der Waals surface area contributed by atoms with Gasteiger partial charge in [-0.2, -0.15) is 0 Å². The lowest BCUT2D eigenvalue weighted by atomic mass is 9.84. The molecule has 1 saturated carbocycles. The van der Waals surface area contributed by atoms with Crippen LogP contribution in [0.2, 0.25) is 0 Å². The molecule has 3 fully saturated rings. The molecule has 0 unspecified atom stereocenters. The lowest BCUT2D eigenvalue weighted by Crippen LogP contribution is -2.57. The Hall–Kier alpha value is -2.34. The summed E-state index contributed by atoms with van der Waals surface area (Å²) < 4.78 is 0. The standard InChI is InChI=1S/C24H32N4O2/c29-22(9-5-6-17-15-25-21-8-2-1-7-20(17)21)26-19-14-24(23(30)27-18-10-11-18)12-3-4-13-28(24)16-19/h1-2,7-8,15,18-19,25H,3-6,9-14,16H2,(H,26,29)(H,27,30)/t19-,24-/m0/s1. The highest BCUT2D eigenvalue weighted by Gasteiger charge is 2.52. The number of fused-ring (bicyclic) bond motifs is 2. The molecule has 2 aromatic rings. The Morgan fingerprint density at radius 2 is 2.00 bits per heavy atom. The van der Waals surface area contributed by atoms with Crippen LogP contribution in [0, 0.1) is 0 Å². The summed E-state index contributed by atoms with van der Waals surface area (Å²) in [5, 5.41) is 7.71. The predicted octanol–water partition coefficient (Wildman–Crippen LogP) is 2.88. The molecule has 2 saturated heterocycles. The van der Waals surface area contributed by atoms with Crippen LogP contribution < -0.4 is 10.6 Å². The summed E-state index contributed by atoms with van der Waals surface area (Å²) in [5.74, 6) is 0.304. The molecule has 3 aliphatic rings. The topological polar surface area (TPSA) is 77.2 Å². The average Bonchev–Trinajstić information content (AvgIpc) is 3.34. The largest absolute Gasteiger partial charge is 0.361 e. The van der Waals surface area contributed by atoms with E-state index >= 15 is 0 Å². The maximum atomic E-state index is 13.0. The van der Waals surface area contributed by atoms with Gasteiger partial charge in [0.15, 0.2) is 0 Å². The highest BCUT2D eigenvalue weighted by atomic mass is 16.2. The lowest BCUT2D eigenvalue weighted by molar-refractivity contribution is -0.134. The molecule has 6 heteroatoms. The number of aromatic nitrogens is 1. The molecule has 160 valence electrons.